The fraction of sp³-hybridized carbons (Fsp3) is 0.684. The first-order chi connectivity index (χ1) is 11.8. The second kappa shape index (κ2) is 8.58. The number of nitrogens with one attached hydrogen (secondary N) is 1. The van der Waals surface area contributed by atoms with Gasteiger partial charge in [0.1, 0.15) is 0 Å². The van der Waals surface area contributed by atoms with Gasteiger partial charge in [0.05, 0.1) is 13.2 Å². The molecular formula is C19H29N3O2. The zero-order chi connectivity index (χ0) is 16.8. The predicted molar refractivity (Wildman–Crippen MR) is 93.7 cm³/mol. The van der Waals surface area contributed by atoms with Crippen LogP contribution in [0.25, 0.3) is 0 Å². The zero-order valence-corrected chi connectivity index (χ0v) is 14.6. The number of nitrogens with zero attached hydrogens (tertiary/aromatic N) is 2. The topological polar surface area (TPSA) is 54.5 Å². The molecule has 1 aromatic heterocycles. The summed E-state index contributed by atoms with van der Waals surface area (Å²) in [5.74, 6) is 0.836. The molecule has 5 nitrogen and oxygen atoms in total. The quantitative estimate of drug-likeness (QED) is 0.866. The van der Waals surface area contributed by atoms with Crippen molar-refractivity contribution in [1.82, 2.24) is 15.2 Å². The summed E-state index contributed by atoms with van der Waals surface area (Å²) in [5.41, 5.74) is 1.33. The van der Waals surface area contributed by atoms with Crippen LogP contribution in [0.4, 0.5) is 0 Å². The molecule has 1 N–H and O–H groups in total. The summed E-state index contributed by atoms with van der Waals surface area (Å²) in [6.07, 6.45) is 8.47. The Balaban J connectivity index is 1.46. The third-order valence-electron chi connectivity index (χ3n) is 5.21. The van der Waals surface area contributed by atoms with Crippen molar-refractivity contribution in [1.29, 1.82) is 0 Å². The predicted octanol–water partition coefficient (Wildman–Crippen LogP) is 2.02. The standard InChI is InChI=1S/C19H29N3O2/c1-2-3-19(23)22-10-6-17(7-11-22)21-18-14-24-13-16(18)12-15-4-8-20-9-5-15/h4-5,8-9,16-18,21H,2-3,6-7,10-14H2,1H3. The van der Waals surface area contributed by atoms with Crippen molar-refractivity contribution in [2.24, 2.45) is 5.92 Å². The fourth-order valence-corrected chi connectivity index (χ4v) is 3.78. The molecule has 24 heavy (non-hydrogen) atoms. The molecular weight excluding hydrogens is 302 g/mol. The van der Waals surface area contributed by atoms with Gasteiger partial charge in [-0.25, -0.2) is 0 Å². The number of carbonyl (C=O) groups excluding carboxylic acids is 1. The lowest BCUT2D eigenvalue weighted by atomic mass is 9.93. The summed E-state index contributed by atoms with van der Waals surface area (Å²) >= 11 is 0. The smallest absolute Gasteiger partial charge is 0.222 e. The second-order valence-electron chi connectivity index (χ2n) is 7.04. The lowest BCUT2D eigenvalue weighted by Gasteiger charge is -2.34. The Bertz CT molecular complexity index is 515. The van der Waals surface area contributed by atoms with Gasteiger partial charge in [-0.3, -0.25) is 9.78 Å². The summed E-state index contributed by atoms with van der Waals surface area (Å²) in [5, 5.41) is 3.80. The Hall–Kier alpha value is -1.46. The van der Waals surface area contributed by atoms with E-state index in [1.165, 1.54) is 5.56 Å². The van der Waals surface area contributed by atoms with E-state index in [0.717, 1.165) is 52.0 Å². The first-order valence-corrected chi connectivity index (χ1v) is 9.26. The van der Waals surface area contributed by atoms with Crippen molar-refractivity contribution in [2.45, 2.75) is 51.1 Å². The van der Waals surface area contributed by atoms with Crippen LogP contribution in [-0.4, -0.2) is 54.2 Å². The van der Waals surface area contributed by atoms with Crippen LogP contribution in [0.15, 0.2) is 24.5 Å². The number of likely N-dealkylation sites (tertiary alicyclic amines) is 1. The summed E-state index contributed by atoms with van der Waals surface area (Å²) in [6.45, 7) is 5.46. The number of amides is 1. The number of aromatic nitrogens is 1. The van der Waals surface area contributed by atoms with Crippen molar-refractivity contribution in [3.05, 3.63) is 30.1 Å². The molecule has 5 heteroatoms. The minimum absolute atomic E-state index is 0.315. The molecule has 1 amide bonds. The highest BCUT2D eigenvalue weighted by atomic mass is 16.5. The number of hydrogen-bond acceptors (Lipinski definition) is 4. The van der Waals surface area contributed by atoms with Crippen LogP contribution < -0.4 is 5.32 Å². The molecule has 2 atom stereocenters. The lowest BCUT2D eigenvalue weighted by Crippen LogP contribution is -2.49. The third-order valence-corrected chi connectivity index (χ3v) is 5.21. The highest BCUT2D eigenvalue weighted by Crippen LogP contribution is 2.21. The molecule has 0 spiro atoms. The summed E-state index contributed by atoms with van der Waals surface area (Å²) in [7, 11) is 0. The highest BCUT2D eigenvalue weighted by molar-refractivity contribution is 5.76. The van der Waals surface area contributed by atoms with E-state index in [1.807, 2.05) is 17.3 Å². The van der Waals surface area contributed by atoms with Gasteiger partial charge in [0.2, 0.25) is 5.91 Å². The van der Waals surface area contributed by atoms with Gasteiger partial charge >= 0.3 is 0 Å². The van der Waals surface area contributed by atoms with E-state index in [2.05, 4.69) is 29.4 Å². The Kier molecular flexibility index (Phi) is 6.21. The van der Waals surface area contributed by atoms with Gasteiger partial charge in [0, 0.05) is 49.9 Å². The summed E-state index contributed by atoms with van der Waals surface area (Å²) in [6, 6.07) is 5.10. The molecule has 0 aliphatic carbocycles. The molecule has 0 radical (unpaired) electrons. The number of carbonyl (C=O) groups is 1. The SMILES string of the molecule is CCCC(=O)N1CCC(NC2COCC2Cc2ccncc2)CC1. The van der Waals surface area contributed by atoms with Crippen molar-refractivity contribution in [3.63, 3.8) is 0 Å². The van der Waals surface area contributed by atoms with E-state index in [4.69, 9.17) is 4.74 Å². The van der Waals surface area contributed by atoms with E-state index in [0.29, 0.717) is 30.3 Å². The maximum Gasteiger partial charge on any atom is 0.222 e. The van der Waals surface area contributed by atoms with Crippen molar-refractivity contribution in [2.75, 3.05) is 26.3 Å². The lowest BCUT2D eigenvalue weighted by molar-refractivity contribution is -0.132. The van der Waals surface area contributed by atoms with Crippen molar-refractivity contribution >= 4 is 5.91 Å². The van der Waals surface area contributed by atoms with Crippen LogP contribution >= 0.6 is 0 Å². The van der Waals surface area contributed by atoms with Crippen LogP contribution in [-0.2, 0) is 16.0 Å². The third kappa shape index (κ3) is 4.54. The Morgan fingerprint density at radius 3 is 2.75 bits per heavy atom. The Morgan fingerprint density at radius 2 is 2.04 bits per heavy atom. The molecule has 1 aromatic rings. The van der Waals surface area contributed by atoms with Gasteiger partial charge in [-0.2, -0.15) is 0 Å². The summed E-state index contributed by atoms with van der Waals surface area (Å²) in [4.78, 5) is 18.1. The minimum Gasteiger partial charge on any atom is -0.379 e. The molecule has 2 aliphatic heterocycles. The van der Waals surface area contributed by atoms with Gasteiger partial charge < -0.3 is 15.0 Å². The Labute approximate surface area is 144 Å². The van der Waals surface area contributed by atoms with Crippen molar-refractivity contribution in [3.8, 4) is 0 Å². The minimum atomic E-state index is 0.315. The van der Waals surface area contributed by atoms with Crippen LogP contribution in [0.1, 0.15) is 38.2 Å². The molecule has 0 saturated carbocycles. The fourth-order valence-electron chi connectivity index (χ4n) is 3.78. The summed E-state index contributed by atoms with van der Waals surface area (Å²) < 4.78 is 5.73. The van der Waals surface area contributed by atoms with Crippen LogP contribution in [0.5, 0.6) is 0 Å². The normalized spacial score (nSPS) is 25.1. The number of ether oxygens (including phenoxy) is 1. The molecule has 132 valence electrons. The second-order valence-corrected chi connectivity index (χ2v) is 7.04. The molecule has 2 aliphatic rings. The van der Waals surface area contributed by atoms with Crippen LogP contribution in [0, 0.1) is 5.92 Å². The number of hydrogen-bond donors (Lipinski definition) is 1. The average Bonchev–Trinajstić information content (AvgIpc) is 3.03. The number of pyridine rings is 1. The maximum absolute atomic E-state index is 12.0. The number of rotatable bonds is 6. The van der Waals surface area contributed by atoms with Gasteiger partial charge in [-0.05, 0) is 43.4 Å². The van der Waals surface area contributed by atoms with Gasteiger partial charge in [-0.15, -0.1) is 0 Å². The van der Waals surface area contributed by atoms with Gasteiger partial charge in [0.25, 0.3) is 0 Å². The maximum atomic E-state index is 12.0. The average molecular weight is 331 g/mol. The van der Waals surface area contributed by atoms with E-state index < -0.39 is 0 Å². The van der Waals surface area contributed by atoms with E-state index in [-0.39, 0.29) is 0 Å². The molecule has 3 heterocycles. The van der Waals surface area contributed by atoms with Gasteiger partial charge in [0.15, 0.2) is 0 Å². The van der Waals surface area contributed by atoms with Crippen LogP contribution in [0.3, 0.4) is 0 Å². The first kappa shape index (κ1) is 17.4. The molecule has 2 unspecified atom stereocenters. The van der Waals surface area contributed by atoms with E-state index in [9.17, 15) is 4.79 Å². The molecule has 2 fully saturated rings. The zero-order valence-electron chi connectivity index (χ0n) is 14.6. The van der Waals surface area contributed by atoms with E-state index >= 15 is 0 Å². The van der Waals surface area contributed by atoms with E-state index in [1.54, 1.807) is 0 Å². The molecule has 2 saturated heterocycles. The Morgan fingerprint density at radius 1 is 1.29 bits per heavy atom. The van der Waals surface area contributed by atoms with Crippen molar-refractivity contribution < 1.29 is 9.53 Å². The first-order valence-electron chi connectivity index (χ1n) is 9.26. The molecule has 0 bridgehead atoms. The highest BCUT2D eigenvalue weighted by Gasteiger charge is 2.31. The van der Waals surface area contributed by atoms with Crippen LogP contribution in [0.2, 0.25) is 0 Å². The monoisotopic (exact) mass is 331 g/mol. The van der Waals surface area contributed by atoms with Gasteiger partial charge in [-0.1, -0.05) is 6.92 Å². The molecule has 3 rings (SSSR count). The largest absolute Gasteiger partial charge is 0.379 e. The number of piperidine rings is 1. The molecule has 0 aromatic carbocycles.